The summed E-state index contributed by atoms with van der Waals surface area (Å²) in [7, 11) is 0. The molecule has 2 rings (SSSR count). The second kappa shape index (κ2) is 8.51. The number of aromatic nitrogens is 1. The molecular formula is C16H20N2O3S. The zero-order valence-electron chi connectivity index (χ0n) is 12.7. The molecule has 0 unspecified atom stereocenters. The van der Waals surface area contributed by atoms with Crippen LogP contribution in [0.4, 0.5) is 0 Å². The lowest BCUT2D eigenvalue weighted by Crippen LogP contribution is -2.27. The normalized spacial score (nSPS) is 10.7. The van der Waals surface area contributed by atoms with E-state index in [0.29, 0.717) is 42.2 Å². The van der Waals surface area contributed by atoms with Crippen molar-refractivity contribution in [2.75, 3.05) is 19.8 Å². The minimum atomic E-state index is -0.141. The Hall–Kier alpha value is -1.92. The van der Waals surface area contributed by atoms with Crippen molar-refractivity contribution in [3.8, 4) is 10.9 Å². The Morgan fingerprint density at radius 3 is 3.00 bits per heavy atom. The molecule has 2 aromatic rings. The smallest absolute Gasteiger partial charge is 0.278 e. The molecule has 0 spiro atoms. The standard InChI is InChI=1S/C16H20N2O3S/c1-12(2)11-20-8-6-17-15(19)13-4-3-5-14(10-13)21-16-18-7-9-22-16/h3-5,7,9-10,12H,6,8,11H2,1-2H3,(H,17,19). The van der Waals surface area contributed by atoms with Crippen LogP contribution >= 0.6 is 11.3 Å². The number of carbonyl (C=O) groups is 1. The Morgan fingerprint density at radius 2 is 2.27 bits per heavy atom. The fourth-order valence-corrected chi connectivity index (χ4v) is 2.22. The van der Waals surface area contributed by atoms with E-state index in [2.05, 4.69) is 24.1 Å². The second-order valence-corrected chi connectivity index (χ2v) is 6.01. The van der Waals surface area contributed by atoms with Gasteiger partial charge in [0.15, 0.2) is 0 Å². The first kappa shape index (κ1) is 16.5. The number of carbonyl (C=O) groups excluding carboxylic acids is 1. The van der Waals surface area contributed by atoms with Crippen LogP contribution in [0.1, 0.15) is 24.2 Å². The quantitative estimate of drug-likeness (QED) is 0.758. The van der Waals surface area contributed by atoms with Gasteiger partial charge in [-0.05, 0) is 24.1 Å². The molecule has 6 heteroatoms. The van der Waals surface area contributed by atoms with Gasteiger partial charge >= 0.3 is 0 Å². The molecule has 1 heterocycles. The molecule has 0 fully saturated rings. The molecule has 0 aliphatic carbocycles. The summed E-state index contributed by atoms with van der Waals surface area (Å²) in [4.78, 5) is 16.1. The Morgan fingerprint density at radius 1 is 1.41 bits per heavy atom. The van der Waals surface area contributed by atoms with Gasteiger partial charge in [0, 0.05) is 30.3 Å². The summed E-state index contributed by atoms with van der Waals surface area (Å²) >= 11 is 1.40. The second-order valence-electron chi connectivity index (χ2n) is 5.15. The molecule has 0 saturated heterocycles. The monoisotopic (exact) mass is 320 g/mol. The maximum Gasteiger partial charge on any atom is 0.278 e. The molecule has 0 aliphatic rings. The average Bonchev–Trinajstić information content (AvgIpc) is 2.99. The number of nitrogens with zero attached hydrogens (tertiary/aromatic N) is 1. The number of rotatable bonds is 8. The van der Waals surface area contributed by atoms with Gasteiger partial charge < -0.3 is 14.8 Å². The van der Waals surface area contributed by atoms with Crippen molar-refractivity contribution in [3.63, 3.8) is 0 Å². The maximum absolute atomic E-state index is 12.1. The van der Waals surface area contributed by atoms with Crippen LogP contribution in [-0.2, 0) is 4.74 Å². The van der Waals surface area contributed by atoms with Gasteiger partial charge in [0.05, 0.1) is 6.61 Å². The summed E-state index contributed by atoms with van der Waals surface area (Å²) in [6.45, 7) is 5.88. The predicted octanol–water partition coefficient (Wildman–Crippen LogP) is 3.34. The first-order valence-corrected chi connectivity index (χ1v) is 8.06. The first-order chi connectivity index (χ1) is 10.6. The van der Waals surface area contributed by atoms with Gasteiger partial charge in [-0.2, -0.15) is 0 Å². The van der Waals surface area contributed by atoms with Gasteiger partial charge in [0.2, 0.25) is 0 Å². The van der Waals surface area contributed by atoms with Crippen LogP contribution < -0.4 is 10.1 Å². The van der Waals surface area contributed by atoms with Gasteiger partial charge in [-0.1, -0.05) is 31.3 Å². The Bertz CT molecular complexity index is 585. The zero-order chi connectivity index (χ0) is 15.8. The topological polar surface area (TPSA) is 60.5 Å². The van der Waals surface area contributed by atoms with Crippen LogP contribution in [0.5, 0.6) is 10.9 Å². The summed E-state index contributed by atoms with van der Waals surface area (Å²) in [5.74, 6) is 0.951. The van der Waals surface area contributed by atoms with E-state index in [4.69, 9.17) is 9.47 Å². The minimum absolute atomic E-state index is 0.141. The van der Waals surface area contributed by atoms with Crippen LogP contribution in [0.3, 0.4) is 0 Å². The predicted molar refractivity (Wildman–Crippen MR) is 86.6 cm³/mol. The SMILES string of the molecule is CC(C)COCCNC(=O)c1cccc(Oc2nccs2)c1. The van der Waals surface area contributed by atoms with Crippen molar-refractivity contribution in [3.05, 3.63) is 41.4 Å². The summed E-state index contributed by atoms with van der Waals surface area (Å²) < 4.78 is 11.0. The highest BCUT2D eigenvalue weighted by molar-refractivity contribution is 7.11. The molecule has 0 radical (unpaired) electrons. The summed E-state index contributed by atoms with van der Waals surface area (Å²) in [5.41, 5.74) is 0.554. The van der Waals surface area contributed by atoms with E-state index in [1.165, 1.54) is 11.3 Å². The molecule has 5 nitrogen and oxygen atoms in total. The molecule has 1 N–H and O–H groups in total. The van der Waals surface area contributed by atoms with Crippen LogP contribution in [-0.4, -0.2) is 30.6 Å². The van der Waals surface area contributed by atoms with Crippen LogP contribution in [0.25, 0.3) is 0 Å². The Labute approximate surface area is 134 Å². The third-order valence-electron chi connectivity index (χ3n) is 2.69. The molecule has 0 bridgehead atoms. The van der Waals surface area contributed by atoms with E-state index in [0.717, 1.165) is 0 Å². The highest BCUT2D eigenvalue weighted by Gasteiger charge is 2.07. The molecule has 1 aromatic carbocycles. The lowest BCUT2D eigenvalue weighted by atomic mass is 10.2. The Balaban J connectivity index is 1.82. The van der Waals surface area contributed by atoms with Crippen molar-refractivity contribution in [2.45, 2.75) is 13.8 Å². The largest absolute Gasteiger partial charge is 0.431 e. The van der Waals surface area contributed by atoms with Crippen molar-refractivity contribution in [1.82, 2.24) is 10.3 Å². The number of benzene rings is 1. The minimum Gasteiger partial charge on any atom is -0.431 e. The van der Waals surface area contributed by atoms with E-state index in [1.807, 2.05) is 5.38 Å². The van der Waals surface area contributed by atoms with Gasteiger partial charge in [0.25, 0.3) is 11.1 Å². The lowest BCUT2D eigenvalue weighted by molar-refractivity contribution is 0.0886. The third-order valence-corrected chi connectivity index (χ3v) is 3.34. The molecule has 0 atom stereocenters. The summed E-state index contributed by atoms with van der Waals surface area (Å²) in [6, 6.07) is 7.03. The number of nitrogens with one attached hydrogen (secondary N) is 1. The van der Waals surface area contributed by atoms with Crippen molar-refractivity contribution in [1.29, 1.82) is 0 Å². The fraction of sp³-hybridized carbons (Fsp3) is 0.375. The van der Waals surface area contributed by atoms with Crippen molar-refractivity contribution < 1.29 is 14.3 Å². The highest BCUT2D eigenvalue weighted by atomic mass is 32.1. The molecule has 118 valence electrons. The van der Waals surface area contributed by atoms with Crippen molar-refractivity contribution in [2.24, 2.45) is 5.92 Å². The van der Waals surface area contributed by atoms with Crippen LogP contribution in [0.15, 0.2) is 35.8 Å². The number of thiazole rings is 1. The van der Waals surface area contributed by atoms with Crippen LogP contribution in [0, 0.1) is 5.92 Å². The van der Waals surface area contributed by atoms with E-state index < -0.39 is 0 Å². The molecular weight excluding hydrogens is 300 g/mol. The molecule has 1 amide bonds. The number of hydrogen-bond acceptors (Lipinski definition) is 5. The number of ether oxygens (including phenoxy) is 2. The molecule has 0 aliphatic heterocycles. The zero-order valence-corrected chi connectivity index (χ0v) is 13.6. The van der Waals surface area contributed by atoms with E-state index in [1.54, 1.807) is 30.5 Å². The fourth-order valence-electron chi connectivity index (χ4n) is 1.72. The van der Waals surface area contributed by atoms with E-state index in [9.17, 15) is 4.79 Å². The summed E-state index contributed by atoms with van der Waals surface area (Å²) in [6.07, 6.45) is 1.67. The lowest BCUT2D eigenvalue weighted by Gasteiger charge is -2.09. The van der Waals surface area contributed by atoms with Crippen molar-refractivity contribution >= 4 is 17.2 Å². The highest BCUT2D eigenvalue weighted by Crippen LogP contribution is 2.23. The molecule has 22 heavy (non-hydrogen) atoms. The van der Waals surface area contributed by atoms with Gasteiger partial charge in [-0.15, -0.1) is 0 Å². The Kier molecular flexibility index (Phi) is 6.36. The first-order valence-electron chi connectivity index (χ1n) is 7.18. The van der Waals surface area contributed by atoms with E-state index >= 15 is 0 Å². The van der Waals surface area contributed by atoms with Gasteiger partial charge in [-0.25, -0.2) is 4.98 Å². The number of amides is 1. The van der Waals surface area contributed by atoms with E-state index in [-0.39, 0.29) is 5.91 Å². The molecule has 1 aromatic heterocycles. The van der Waals surface area contributed by atoms with Gasteiger partial charge in [0.1, 0.15) is 5.75 Å². The maximum atomic E-state index is 12.1. The van der Waals surface area contributed by atoms with Crippen LogP contribution in [0.2, 0.25) is 0 Å². The molecule has 0 saturated carbocycles. The third kappa shape index (κ3) is 5.46. The average molecular weight is 320 g/mol. The number of hydrogen-bond donors (Lipinski definition) is 1. The summed E-state index contributed by atoms with van der Waals surface area (Å²) in [5, 5.41) is 5.22. The van der Waals surface area contributed by atoms with Gasteiger partial charge in [-0.3, -0.25) is 4.79 Å².